The molecule has 11 heavy (non-hydrogen) atoms. The summed E-state index contributed by atoms with van der Waals surface area (Å²) >= 11 is 5.25. The average molecular weight is 234 g/mol. The van der Waals surface area contributed by atoms with Gasteiger partial charge in [-0.15, -0.1) is 11.3 Å². The quantitative estimate of drug-likeness (QED) is 0.716. The Kier molecular flexibility index (Phi) is 2.70. The van der Waals surface area contributed by atoms with Gasteiger partial charge in [0.1, 0.15) is 0 Å². The van der Waals surface area contributed by atoms with Gasteiger partial charge in [-0.05, 0) is 6.92 Å². The normalized spacial score (nSPS) is 12.0. The number of nitrogens with zero attached hydrogens (tertiary/aromatic N) is 1. The Morgan fingerprint density at radius 3 is 2.64 bits per heavy atom. The van der Waals surface area contributed by atoms with Crippen molar-refractivity contribution in [3.63, 3.8) is 0 Å². The molecule has 0 aliphatic rings. The third-order valence-corrected chi connectivity index (χ3v) is 4.39. The molecule has 1 nitrogen and oxygen atoms in total. The fourth-order valence-electron chi connectivity index (χ4n) is 1.01. The van der Waals surface area contributed by atoms with Gasteiger partial charge in [0.15, 0.2) is 0 Å². The maximum Gasteiger partial charge on any atom is 0.0797 e. The number of aromatic nitrogens is 1. The van der Waals surface area contributed by atoms with Crippen LogP contribution in [-0.2, 0) is 5.41 Å². The Labute approximate surface area is 80.0 Å². The van der Waals surface area contributed by atoms with E-state index in [2.05, 4.69) is 41.7 Å². The van der Waals surface area contributed by atoms with Crippen molar-refractivity contribution in [2.24, 2.45) is 0 Å². The van der Waals surface area contributed by atoms with Crippen LogP contribution in [0.15, 0.2) is 5.51 Å². The van der Waals surface area contributed by atoms with E-state index in [4.69, 9.17) is 0 Å². The number of alkyl halides is 1. The first kappa shape index (κ1) is 9.20. The second kappa shape index (κ2) is 3.23. The summed E-state index contributed by atoms with van der Waals surface area (Å²) in [7, 11) is 0. The van der Waals surface area contributed by atoms with Crippen LogP contribution in [-0.4, -0.2) is 10.3 Å². The second-order valence-electron chi connectivity index (χ2n) is 3.28. The summed E-state index contributed by atoms with van der Waals surface area (Å²) in [5, 5.41) is 0.989. The standard InChI is InChI=1S/C8H12BrNS/c1-6-7(11-5-10-6)8(2,3)4-9/h5H,4H2,1-3H3. The van der Waals surface area contributed by atoms with Crippen LogP contribution in [0.4, 0.5) is 0 Å². The highest BCUT2D eigenvalue weighted by Crippen LogP contribution is 2.30. The molecule has 0 aliphatic heterocycles. The first-order valence-corrected chi connectivity index (χ1v) is 5.54. The van der Waals surface area contributed by atoms with E-state index < -0.39 is 0 Å². The van der Waals surface area contributed by atoms with Crippen molar-refractivity contribution in [2.75, 3.05) is 5.33 Å². The van der Waals surface area contributed by atoms with Crippen LogP contribution >= 0.6 is 27.3 Å². The highest BCUT2D eigenvalue weighted by Gasteiger charge is 2.22. The summed E-state index contributed by atoms with van der Waals surface area (Å²) in [5.74, 6) is 0. The van der Waals surface area contributed by atoms with Crippen LogP contribution in [0.5, 0.6) is 0 Å². The molecule has 0 radical (unpaired) electrons. The van der Waals surface area contributed by atoms with Crippen LogP contribution in [0.1, 0.15) is 24.4 Å². The van der Waals surface area contributed by atoms with Gasteiger partial charge in [-0.3, -0.25) is 0 Å². The predicted molar refractivity (Wildman–Crippen MR) is 53.7 cm³/mol. The molecular formula is C8H12BrNS. The van der Waals surface area contributed by atoms with E-state index in [9.17, 15) is 0 Å². The van der Waals surface area contributed by atoms with E-state index in [-0.39, 0.29) is 5.41 Å². The fraction of sp³-hybridized carbons (Fsp3) is 0.625. The highest BCUT2D eigenvalue weighted by molar-refractivity contribution is 9.09. The van der Waals surface area contributed by atoms with Crippen molar-refractivity contribution in [1.29, 1.82) is 0 Å². The predicted octanol–water partition coefficient (Wildman–Crippen LogP) is 3.12. The maximum absolute atomic E-state index is 4.23. The molecule has 0 saturated heterocycles. The van der Waals surface area contributed by atoms with Crippen molar-refractivity contribution in [2.45, 2.75) is 26.2 Å². The number of hydrogen-bond acceptors (Lipinski definition) is 2. The van der Waals surface area contributed by atoms with Crippen LogP contribution in [0.3, 0.4) is 0 Å². The topological polar surface area (TPSA) is 12.9 Å². The Morgan fingerprint density at radius 1 is 1.64 bits per heavy atom. The molecule has 0 aliphatic carbocycles. The third-order valence-electron chi connectivity index (χ3n) is 1.69. The molecule has 0 bridgehead atoms. The summed E-state index contributed by atoms with van der Waals surface area (Å²) in [6.07, 6.45) is 0. The Balaban J connectivity index is 3.00. The molecule has 0 N–H and O–H groups in total. The number of hydrogen-bond donors (Lipinski definition) is 0. The Bertz CT molecular complexity index is 242. The SMILES string of the molecule is Cc1ncsc1C(C)(C)CBr. The van der Waals surface area contributed by atoms with Crippen molar-refractivity contribution in [3.8, 4) is 0 Å². The van der Waals surface area contributed by atoms with E-state index in [1.807, 2.05) is 5.51 Å². The average Bonchev–Trinajstić information content (AvgIpc) is 2.36. The van der Waals surface area contributed by atoms with Crippen molar-refractivity contribution < 1.29 is 0 Å². The summed E-state index contributed by atoms with van der Waals surface area (Å²) < 4.78 is 0. The molecule has 0 saturated carbocycles. The molecule has 0 amide bonds. The van der Waals surface area contributed by atoms with Crippen LogP contribution in [0.2, 0.25) is 0 Å². The molecule has 0 aromatic carbocycles. The van der Waals surface area contributed by atoms with Crippen LogP contribution in [0, 0.1) is 6.92 Å². The van der Waals surface area contributed by atoms with Gasteiger partial charge in [0, 0.05) is 15.6 Å². The third kappa shape index (κ3) is 1.82. The van der Waals surface area contributed by atoms with E-state index in [1.54, 1.807) is 11.3 Å². The summed E-state index contributed by atoms with van der Waals surface area (Å²) in [4.78, 5) is 5.61. The Hall–Kier alpha value is 0.110. The van der Waals surface area contributed by atoms with E-state index in [1.165, 1.54) is 10.6 Å². The minimum atomic E-state index is 0.227. The lowest BCUT2D eigenvalue weighted by Gasteiger charge is -2.19. The van der Waals surface area contributed by atoms with Crippen molar-refractivity contribution in [1.82, 2.24) is 4.98 Å². The van der Waals surface area contributed by atoms with Crippen molar-refractivity contribution in [3.05, 3.63) is 16.1 Å². The molecule has 1 aromatic rings. The smallest absolute Gasteiger partial charge is 0.0797 e. The molecule has 3 heteroatoms. The zero-order valence-corrected chi connectivity index (χ0v) is 9.42. The van der Waals surface area contributed by atoms with Gasteiger partial charge in [0.05, 0.1) is 11.2 Å². The molecule has 1 aromatic heterocycles. The largest absolute Gasteiger partial charge is 0.250 e. The summed E-state index contributed by atoms with van der Waals surface area (Å²) in [6.45, 7) is 6.51. The van der Waals surface area contributed by atoms with E-state index in [0.29, 0.717) is 0 Å². The molecule has 0 fully saturated rings. The zero-order valence-electron chi connectivity index (χ0n) is 7.02. The van der Waals surface area contributed by atoms with Crippen molar-refractivity contribution >= 4 is 27.3 Å². The minimum Gasteiger partial charge on any atom is -0.250 e. The number of aryl methyl sites for hydroxylation is 1. The number of thiazole rings is 1. The van der Waals surface area contributed by atoms with Gasteiger partial charge in [0.2, 0.25) is 0 Å². The lowest BCUT2D eigenvalue weighted by atomic mass is 9.93. The first-order chi connectivity index (χ1) is 5.08. The molecule has 1 rings (SSSR count). The van der Waals surface area contributed by atoms with Crippen LogP contribution in [0.25, 0.3) is 0 Å². The van der Waals surface area contributed by atoms with Crippen LogP contribution < -0.4 is 0 Å². The molecule has 62 valence electrons. The summed E-state index contributed by atoms with van der Waals surface area (Å²) in [5.41, 5.74) is 3.31. The second-order valence-corrected chi connectivity index (χ2v) is 4.70. The molecule has 0 atom stereocenters. The van der Waals surface area contributed by atoms with Gasteiger partial charge in [-0.1, -0.05) is 29.8 Å². The van der Waals surface area contributed by atoms with Gasteiger partial charge in [-0.2, -0.15) is 0 Å². The monoisotopic (exact) mass is 233 g/mol. The van der Waals surface area contributed by atoms with Gasteiger partial charge in [0.25, 0.3) is 0 Å². The lowest BCUT2D eigenvalue weighted by molar-refractivity contribution is 0.614. The number of rotatable bonds is 2. The van der Waals surface area contributed by atoms with Gasteiger partial charge in [-0.25, -0.2) is 4.98 Å². The van der Waals surface area contributed by atoms with E-state index >= 15 is 0 Å². The molecular weight excluding hydrogens is 222 g/mol. The maximum atomic E-state index is 4.23. The highest BCUT2D eigenvalue weighted by atomic mass is 79.9. The summed E-state index contributed by atoms with van der Waals surface area (Å²) in [6, 6.07) is 0. The molecule has 0 spiro atoms. The molecule has 0 unspecified atom stereocenters. The van der Waals surface area contributed by atoms with Gasteiger partial charge < -0.3 is 0 Å². The minimum absolute atomic E-state index is 0.227. The van der Waals surface area contributed by atoms with Gasteiger partial charge >= 0.3 is 0 Å². The first-order valence-electron chi connectivity index (χ1n) is 3.54. The van der Waals surface area contributed by atoms with E-state index in [0.717, 1.165) is 5.33 Å². The lowest BCUT2D eigenvalue weighted by Crippen LogP contribution is -2.18. The Morgan fingerprint density at radius 2 is 2.27 bits per heavy atom. The number of halogens is 1. The fourth-order valence-corrected chi connectivity index (χ4v) is 2.41. The zero-order chi connectivity index (χ0) is 8.48. The molecule has 1 heterocycles.